The van der Waals surface area contributed by atoms with E-state index in [2.05, 4.69) is 11.6 Å². The third-order valence-corrected chi connectivity index (χ3v) is 7.11. The number of Topliss-reactive ketones (excluding diaryl/α,β-unsaturated/α-hetero) is 2. The number of hydrogen-bond acceptors (Lipinski definition) is 5. The Morgan fingerprint density at radius 3 is 2.20 bits per heavy atom. The molecule has 0 unspecified atom stereocenters. The Morgan fingerprint density at radius 1 is 0.933 bits per heavy atom. The highest BCUT2D eigenvalue weighted by Crippen LogP contribution is 2.34. The first kappa shape index (κ1) is 20.3. The number of nitrogens with zero attached hydrogens (tertiary/aromatic N) is 1. The monoisotopic (exact) mass is 424 g/mol. The van der Waals surface area contributed by atoms with Crippen molar-refractivity contribution in [3.05, 3.63) is 75.8 Å². The van der Waals surface area contributed by atoms with E-state index < -0.39 is 26.5 Å². The van der Waals surface area contributed by atoms with E-state index in [4.69, 9.17) is 0 Å². The van der Waals surface area contributed by atoms with Gasteiger partial charge < -0.3 is 4.90 Å². The van der Waals surface area contributed by atoms with Crippen LogP contribution in [-0.2, 0) is 10.0 Å². The van der Waals surface area contributed by atoms with Crippen LogP contribution in [0.1, 0.15) is 46.0 Å². The molecule has 2 aliphatic rings. The molecule has 156 valence electrons. The number of piperidine rings is 1. The summed E-state index contributed by atoms with van der Waals surface area (Å²) < 4.78 is 29.3. The van der Waals surface area contributed by atoms with Crippen molar-refractivity contribution in [2.45, 2.75) is 26.7 Å². The summed E-state index contributed by atoms with van der Waals surface area (Å²) in [5.41, 5.74) is 1.61. The van der Waals surface area contributed by atoms with E-state index in [9.17, 15) is 18.0 Å². The van der Waals surface area contributed by atoms with Gasteiger partial charge in [-0.1, -0.05) is 43.3 Å². The summed E-state index contributed by atoms with van der Waals surface area (Å²) in [6.45, 7) is 5.07. The van der Waals surface area contributed by atoms with Gasteiger partial charge in [-0.15, -0.1) is 0 Å². The molecule has 1 aliphatic carbocycles. The van der Waals surface area contributed by atoms with E-state index in [0.717, 1.165) is 18.4 Å². The smallest absolute Gasteiger partial charge is 0.268 e. The lowest BCUT2D eigenvalue weighted by Crippen LogP contribution is -2.41. The van der Waals surface area contributed by atoms with Crippen molar-refractivity contribution >= 4 is 27.3 Å². The summed E-state index contributed by atoms with van der Waals surface area (Å²) in [4.78, 5) is 28.0. The number of nitrogens with one attached hydrogen (secondary N) is 1. The molecule has 0 bridgehead atoms. The molecular formula is C23H24N2O4S. The zero-order chi connectivity index (χ0) is 21.5. The fraction of sp³-hybridized carbons (Fsp3) is 0.304. The molecule has 0 saturated carbocycles. The predicted octanol–water partition coefficient (Wildman–Crippen LogP) is 3.76. The van der Waals surface area contributed by atoms with E-state index in [1.54, 1.807) is 41.3 Å². The molecule has 1 heterocycles. The average molecular weight is 425 g/mol. The van der Waals surface area contributed by atoms with E-state index in [1.165, 1.54) is 6.07 Å². The molecule has 1 fully saturated rings. The third-order valence-electron chi connectivity index (χ3n) is 5.69. The zero-order valence-corrected chi connectivity index (χ0v) is 17.8. The standard InChI is InChI=1S/C23H24N2O4S/c1-15-10-12-25(13-11-15)20-21(26)18-8-3-4-9-19(18)22(27)23(20)30(28,29)24-17-7-5-6-16(2)14-17/h3-9,14-15,24H,10-13H2,1-2H3. The lowest BCUT2D eigenvalue weighted by Gasteiger charge is -2.35. The summed E-state index contributed by atoms with van der Waals surface area (Å²) in [7, 11) is -4.27. The van der Waals surface area contributed by atoms with E-state index in [0.29, 0.717) is 24.7 Å². The Labute approximate surface area is 176 Å². The molecule has 2 aromatic carbocycles. The van der Waals surface area contributed by atoms with E-state index in [-0.39, 0.29) is 16.8 Å². The van der Waals surface area contributed by atoms with Crippen LogP contribution >= 0.6 is 0 Å². The van der Waals surface area contributed by atoms with Crippen LogP contribution in [0.3, 0.4) is 0 Å². The third kappa shape index (κ3) is 3.65. The first-order valence-corrected chi connectivity index (χ1v) is 11.5. The lowest BCUT2D eigenvalue weighted by atomic mass is 9.90. The van der Waals surface area contributed by atoms with Gasteiger partial charge in [-0.05, 0) is 43.4 Å². The van der Waals surface area contributed by atoms with Crippen LogP contribution in [0, 0.1) is 12.8 Å². The number of hydrogen-bond donors (Lipinski definition) is 1. The number of sulfonamides is 1. The second-order valence-electron chi connectivity index (χ2n) is 8.03. The van der Waals surface area contributed by atoms with Gasteiger partial charge in [0.25, 0.3) is 10.0 Å². The molecule has 0 amide bonds. The molecule has 1 saturated heterocycles. The molecule has 2 aromatic rings. The van der Waals surface area contributed by atoms with Crippen LogP contribution in [0.5, 0.6) is 0 Å². The fourth-order valence-electron chi connectivity index (χ4n) is 4.02. The summed E-state index contributed by atoms with van der Waals surface area (Å²) in [5.74, 6) is -0.558. The topological polar surface area (TPSA) is 83.6 Å². The normalized spacial score (nSPS) is 17.9. The molecular weight excluding hydrogens is 400 g/mol. The number of allylic oxidation sites excluding steroid dienone is 2. The Balaban J connectivity index is 1.85. The van der Waals surface area contributed by atoms with Crippen LogP contribution in [-0.4, -0.2) is 38.0 Å². The SMILES string of the molecule is Cc1cccc(NS(=O)(=O)C2=C(N3CCC(C)CC3)C(=O)c3ccccc3C2=O)c1. The molecule has 0 spiro atoms. The van der Waals surface area contributed by atoms with Crippen molar-refractivity contribution in [2.75, 3.05) is 17.8 Å². The number of ketones is 2. The van der Waals surface area contributed by atoms with Gasteiger partial charge in [-0.2, -0.15) is 0 Å². The lowest BCUT2D eigenvalue weighted by molar-refractivity contribution is 0.0933. The fourth-order valence-corrected chi connectivity index (χ4v) is 5.39. The minimum atomic E-state index is -4.27. The van der Waals surface area contributed by atoms with Crippen molar-refractivity contribution in [1.82, 2.24) is 4.90 Å². The first-order chi connectivity index (χ1) is 14.3. The van der Waals surface area contributed by atoms with Gasteiger partial charge in [0, 0.05) is 29.9 Å². The summed E-state index contributed by atoms with van der Waals surface area (Å²) in [5, 5.41) is 0. The van der Waals surface area contributed by atoms with Crippen LogP contribution in [0.2, 0.25) is 0 Å². The second kappa shape index (κ2) is 7.72. The van der Waals surface area contributed by atoms with E-state index in [1.807, 2.05) is 13.0 Å². The number of rotatable bonds is 4. The zero-order valence-electron chi connectivity index (χ0n) is 17.0. The molecule has 6 nitrogen and oxygen atoms in total. The number of benzene rings is 2. The van der Waals surface area contributed by atoms with Crippen molar-refractivity contribution in [2.24, 2.45) is 5.92 Å². The van der Waals surface area contributed by atoms with Crippen molar-refractivity contribution < 1.29 is 18.0 Å². The van der Waals surface area contributed by atoms with Crippen LogP contribution in [0.15, 0.2) is 59.1 Å². The van der Waals surface area contributed by atoms with Gasteiger partial charge in [-0.3, -0.25) is 14.3 Å². The maximum Gasteiger partial charge on any atom is 0.268 e. The van der Waals surface area contributed by atoms with Crippen LogP contribution in [0.4, 0.5) is 5.69 Å². The molecule has 4 rings (SSSR count). The molecule has 0 atom stereocenters. The molecule has 30 heavy (non-hydrogen) atoms. The first-order valence-electron chi connectivity index (χ1n) is 10.0. The van der Waals surface area contributed by atoms with Crippen molar-refractivity contribution in [1.29, 1.82) is 0 Å². The number of anilines is 1. The number of likely N-dealkylation sites (tertiary alicyclic amines) is 1. The van der Waals surface area contributed by atoms with Crippen molar-refractivity contribution in [3.63, 3.8) is 0 Å². The number of aryl methyl sites for hydroxylation is 1. The Bertz CT molecular complexity index is 1160. The molecule has 1 aliphatic heterocycles. The predicted molar refractivity (Wildman–Crippen MR) is 116 cm³/mol. The van der Waals surface area contributed by atoms with Gasteiger partial charge >= 0.3 is 0 Å². The van der Waals surface area contributed by atoms with Crippen LogP contribution < -0.4 is 4.72 Å². The summed E-state index contributed by atoms with van der Waals surface area (Å²) in [6, 6.07) is 13.3. The Hall–Kier alpha value is -2.93. The van der Waals surface area contributed by atoms with Gasteiger partial charge in [0.2, 0.25) is 11.6 Å². The largest absolute Gasteiger partial charge is 0.367 e. The molecule has 7 heteroatoms. The molecule has 1 N–H and O–H groups in total. The summed E-state index contributed by atoms with van der Waals surface area (Å²) >= 11 is 0. The summed E-state index contributed by atoms with van der Waals surface area (Å²) in [6.07, 6.45) is 1.68. The minimum absolute atomic E-state index is 0.00856. The highest BCUT2D eigenvalue weighted by atomic mass is 32.2. The van der Waals surface area contributed by atoms with Gasteiger partial charge in [0.1, 0.15) is 5.70 Å². The van der Waals surface area contributed by atoms with Gasteiger partial charge in [0.15, 0.2) is 4.91 Å². The minimum Gasteiger partial charge on any atom is -0.367 e. The maximum atomic E-state index is 13.4. The Kier molecular flexibility index (Phi) is 5.24. The second-order valence-corrected chi connectivity index (χ2v) is 9.65. The highest BCUT2D eigenvalue weighted by Gasteiger charge is 2.42. The average Bonchev–Trinajstić information content (AvgIpc) is 2.71. The number of carbonyl (C=O) groups is 2. The number of carbonyl (C=O) groups excluding carboxylic acids is 2. The number of fused-ring (bicyclic) bond motifs is 1. The molecule has 0 aromatic heterocycles. The van der Waals surface area contributed by atoms with Crippen molar-refractivity contribution in [3.8, 4) is 0 Å². The van der Waals surface area contributed by atoms with Crippen LogP contribution in [0.25, 0.3) is 0 Å². The van der Waals surface area contributed by atoms with Gasteiger partial charge in [0.05, 0.1) is 0 Å². The Morgan fingerprint density at radius 2 is 1.57 bits per heavy atom. The molecule has 0 radical (unpaired) electrons. The van der Waals surface area contributed by atoms with Gasteiger partial charge in [-0.25, -0.2) is 8.42 Å². The quantitative estimate of drug-likeness (QED) is 0.808. The van der Waals surface area contributed by atoms with E-state index >= 15 is 0 Å². The maximum absolute atomic E-state index is 13.4. The highest BCUT2D eigenvalue weighted by molar-refractivity contribution is 7.97.